The van der Waals surface area contributed by atoms with E-state index in [-0.39, 0.29) is 24.0 Å². The Labute approximate surface area is 113 Å². The summed E-state index contributed by atoms with van der Waals surface area (Å²) in [6.45, 7) is 5.83. The minimum absolute atomic E-state index is 0.00695. The number of hydrogen-bond donors (Lipinski definition) is 2. The van der Waals surface area contributed by atoms with E-state index < -0.39 is 0 Å². The van der Waals surface area contributed by atoms with Crippen molar-refractivity contribution in [3.63, 3.8) is 0 Å². The van der Waals surface area contributed by atoms with E-state index in [0.29, 0.717) is 6.54 Å². The molecule has 0 aromatic carbocycles. The van der Waals surface area contributed by atoms with Gasteiger partial charge in [0.2, 0.25) is 5.91 Å². The third-order valence-corrected chi connectivity index (χ3v) is 3.66. The quantitative estimate of drug-likeness (QED) is 0.858. The molecule has 1 amide bonds. The summed E-state index contributed by atoms with van der Waals surface area (Å²) >= 11 is 0. The zero-order valence-electron chi connectivity index (χ0n) is 11.5. The molecule has 0 bridgehead atoms. The molecular formula is C14H22N2O3. The third-order valence-electron chi connectivity index (χ3n) is 3.66. The Bertz CT molecular complexity index is 405. The van der Waals surface area contributed by atoms with Crippen molar-refractivity contribution in [3.05, 3.63) is 24.2 Å². The van der Waals surface area contributed by atoms with Gasteiger partial charge in [0.25, 0.3) is 0 Å². The number of furan rings is 1. The molecule has 1 aliphatic heterocycles. The van der Waals surface area contributed by atoms with Crippen molar-refractivity contribution in [1.29, 1.82) is 0 Å². The van der Waals surface area contributed by atoms with Gasteiger partial charge in [0.15, 0.2) is 0 Å². The number of nitrogens with zero attached hydrogens (tertiary/aromatic N) is 1. The Kier molecular flexibility index (Phi) is 4.61. The first-order chi connectivity index (χ1) is 9.06. The Hall–Kier alpha value is -1.33. The Morgan fingerprint density at radius 3 is 3.11 bits per heavy atom. The van der Waals surface area contributed by atoms with Crippen LogP contribution < -0.4 is 5.32 Å². The van der Waals surface area contributed by atoms with E-state index in [1.807, 2.05) is 26.0 Å². The number of nitrogens with one attached hydrogen (secondary N) is 1. The number of piperidine rings is 1. The van der Waals surface area contributed by atoms with Crippen LogP contribution in [0.2, 0.25) is 0 Å². The lowest BCUT2D eigenvalue weighted by Crippen LogP contribution is -2.46. The first-order valence-electron chi connectivity index (χ1n) is 6.79. The van der Waals surface area contributed by atoms with Crippen molar-refractivity contribution >= 4 is 5.91 Å². The van der Waals surface area contributed by atoms with Gasteiger partial charge in [-0.3, -0.25) is 9.69 Å². The Morgan fingerprint density at radius 1 is 1.68 bits per heavy atom. The van der Waals surface area contributed by atoms with Gasteiger partial charge in [0, 0.05) is 13.1 Å². The summed E-state index contributed by atoms with van der Waals surface area (Å²) in [7, 11) is 0. The molecule has 5 nitrogen and oxygen atoms in total. The van der Waals surface area contributed by atoms with Crippen molar-refractivity contribution in [3.8, 4) is 0 Å². The number of aliphatic hydroxyl groups excluding tert-OH is 1. The van der Waals surface area contributed by atoms with E-state index in [1.165, 1.54) is 0 Å². The second-order valence-corrected chi connectivity index (χ2v) is 5.37. The molecule has 1 aromatic heterocycles. The Morgan fingerprint density at radius 2 is 2.47 bits per heavy atom. The van der Waals surface area contributed by atoms with E-state index in [0.717, 1.165) is 25.3 Å². The van der Waals surface area contributed by atoms with Gasteiger partial charge in [-0.15, -0.1) is 0 Å². The van der Waals surface area contributed by atoms with Gasteiger partial charge in [-0.25, -0.2) is 0 Å². The van der Waals surface area contributed by atoms with Crippen LogP contribution in [0.3, 0.4) is 0 Å². The molecule has 1 aromatic rings. The predicted molar refractivity (Wildman–Crippen MR) is 71.5 cm³/mol. The second-order valence-electron chi connectivity index (χ2n) is 5.37. The van der Waals surface area contributed by atoms with Gasteiger partial charge >= 0.3 is 0 Å². The molecule has 0 aliphatic carbocycles. The summed E-state index contributed by atoms with van der Waals surface area (Å²) in [6.07, 6.45) is 2.11. The minimum Gasteiger partial charge on any atom is -0.467 e. The minimum atomic E-state index is -0.235. The number of aliphatic hydroxyl groups is 1. The molecule has 0 radical (unpaired) electrons. The smallest absolute Gasteiger partial charge is 0.234 e. The number of carbonyl (C=O) groups excluding carboxylic acids is 1. The molecule has 1 saturated heterocycles. The zero-order valence-corrected chi connectivity index (χ0v) is 11.5. The lowest BCUT2D eigenvalue weighted by Gasteiger charge is -2.33. The molecule has 1 fully saturated rings. The van der Waals surface area contributed by atoms with Crippen molar-refractivity contribution in [2.45, 2.75) is 32.4 Å². The molecule has 2 rings (SSSR count). The highest BCUT2D eigenvalue weighted by molar-refractivity contribution is 5.78. The first kappa shape index (κ1) is 14.1. The standard InChI is InChI=1S/C14H22N2O3/c1-10-8-16(6-5-12(10)17)9-14(18)15-11(2)13-4-3-7-19-13/h3-4,7,10-12,17H,5-6,8-9H2,1-2H3,(H,15,18). The molecule has 3 atom stereocenters. The van der Waals surface area contributed by atoms with E-state index in [2.05, 4.69) is 10.2 Å². The van der Waals surface area contributed by atoms with Crippen molar-refractivity contribution in [2.75, 3.05) is 19.6 Å². The SMILES string of the molecule is CC(NC(=O)CN1CCC(O)C(C)C1)c1ccco1. The summed E-state index contributed by atoms with van der Waals surface area (Å²) in [5.41, 5.74) is 0. The van der Waals surface area contributed by atoms with Crippen LogP contribution in [0, 0.1) is 5.92 Å². The summed E-state index contributed by atoms with van der Waals surface area (Å²) in [5.74, 6) is 0.979. The highest BCUT2D eigenvalue weighted by Crippen LogP contribution is 2.16. The van der Waals surface area contributed by atoms with E-state index >= 15 is 0 Å². The molecule has 2 heterocycles. The molecule has 0 spiro atoms. The fourth-order valence-corrected chi connectivity index (χ4v) is 2.46. The molecule has 5 heteroatoms. The molecule has 19 heavy (non-hydrogen) atoms. The van der Waals surface area contributed by atoms with Gasteiger partial charge in [0.1, 0.15) is 5.76 Å². The van der Waals surface area contributed by atoms with Crippen molar-refractivity contribution in [1.82, 2.24) is 10.2 Å². The van der Waals surface area contributed by atoms with E-state index in [1.54, 1.807) is 6.26 Å². The van der Waals surface area contributed by atoms with Crippen LogP contribution >= 0.6 is 0 Å². The van der Waals surface area contributed by atoms with Gasteiger partial charge in [-0.1, -0.05) is 6.92 Å². The number of amides is 1. The van der Waals surface area contributed by atoms with Crippen molar-refractivity contribution < 1.29 is 14.3 Å². The molecule has 3 unspecified atom stereocenters. The topological polar surface area (TPSA) is 65.7 Å². The van der Waals surface area contributed by atoms with Crippen LogP contribution in [0.4, 0.5) is 0 Å². The Balaban J connectivity index is 1.78. The lowest BCUT2D eigenvalue weighted by molar-refractivity contribution is -0.124. The van der Waals surface area contributed by atoms with Gasteiger partial charge in [-0.2, -0.15) is 0 Å². The van der Waals surface area contributed by atoms with Crippen LogP contribution in [0.15, 0.2) is 22.8 Å². The highest BCUT2D eigenvalue weighted by atomic mass is 16.3. The number of carbonyl (C=O) groups is 1. The van der Waals surface area contributed by atoms with Crippen LogP contribution in [0.1, 0.15) is 32.1 Å². The van der Waals surface area contributed by atoms with Gasteiger partial charge in [-0.05, 0) is 31.4 Å². The molecule has 2 N–H and O–H groups in total. The number of rotatable bonds is 4. The van der Waals surface area contributed by atoms with Crippen molar-refractivity contribution in [2.24, 2.45) is 5.92 Å². The molecule has 106 valence electrons. The number of hydrogen-bond acceptors (Lipinski definition) is 4. The van der Waals surface area contributed by atoms with Gasteiger partial charge < -0.3 is 14.8 Å². The summed E-state index contributed by atoms with van der Waals surface area (Å²) in [6, 6.07) is 3.55. The maximum atomic E-state index is 11.9. The van der Waals surface area contributed by atoms with E-state index in [9.17, 15) is 9.90 Å². The largest absolute Gasteiger partial charge is 0.467 e. The summed E-state index contributed by atoms with van der Waals surface area (Å²) < 4.78 is 5.26. The predicted octanol–water partition coefficient (Wildman–Crippen LogP) is 1.16. The maximum Gasteiger partial charge on any atom is 0.234 e. The second kappa shape index (κ2) is 6.21. The zero-order chi connectivity index (χ0) is 13.8. The fourth-order valence-electron chi connectivity index (χ4n) is 2.46. The van der Waals surface area contributed by atoms with Crippen LogP contribution in [-0.2, 0) is 4.79 Å². The average molecular weight is 266 g/mol. The van der Waals surface area contributed by atoms with E-state index in [4.69, 9.17) is 4.42 Å². The summed E-state index contributed by atoms with van der Waals surface area (Å²) in [5, 5.41) is 12.6. The monoisotopic (exact) mass is 266 g/mol. The normalized spacial score (nSPS) is 26.1. The maximum absolute atomic E-state index is 11.9. The fraction of sp³-hybridized carbons (Fsp3) is 0.643. The average Bonchev–Trinajstić information content (AvgIpc) is 2.87. The van der Waals surface area contributed by atoms with Crippen LogP contribution in [-0.4, -0.2) is 41.7 Å². The molecular weight excluding hydrogens is 244 g/mol. The van der Waals surface area contributed by atoms with Gasteiger partial charge in [0.05, 0.1) is 25.0 Å². The van der Waals surface area contributed by atoms with Crippen LogP contribution in [0.5, 0.6) is 0 Å². The number of likely N-dealkylation sites (tertiary alicyclic amines) is 1. The lowest BCUT2D eigenvalue weighted by atomic mass is 9.97. The third kappa shape index (κ3) is 3.81. The summed E-state index contributed by atoms with van der Waals surface area (Å²) in [4.78, 5) is 14.0. The molecule has 1 aliphatic rings. The van der Waals surface area contributed by atoms with Crippen LogP contribution in [0.25, 0.3) is 0 Å². The highest BCUT2D eigenvalue weighted by Gasteiger charge is 2.25. The molecule has 0 saturated carbocycles. The first-order valence-corrected chi connectivity index (χ1v) is 6.79.